The van der Waals surface area contributed by atoms with Gasteiger partial charge in [-0.15, -0.1) is 5.10 Å². The van der Waals surface area contributed by atoms with E-state index in [-0.39, 0.29) is 23.6 Å². The Kier molecular flexibility index (Phi) is 4.28. The number of hydrogen-bond donors (Lipinski definition) is 0. The molecule has 0 saturated carbocycles. The summed E-state index contributed by atoms with van der Waals surface area (Å²) >= 11 is 0. The van der Waals surface area contributed by atoms with Crippen LogP contribution in [0.2, 0.25) is 0 Å². The van der Waals surface area contributed by atoms with Gasteiger partial charge in [-0.1, -0.05) is 23.4 Å². The minimum Gasteiger partial charge on any atom is -0.377 e. The summed E-state index contributed by atoms with van der Waals surface area (Å²) in [7, 11) is 1.66. The fraction of sp³-hybridized carbons (Fsp3) is 0.526. The van der Waals surface area contributed by atoms with Gasteiger partial charge in [0.1, 0.15) is 12.1 Å². The lowest BCUT2D eigenvalue weighted by Gasteiger charge is -2.43. The molecule has 1 fully saturated rings. The van der Waals surface area contributed by atoms with E-state index in [1.807, 2.05) is 23.1 Å². The molecule has 0 unspecified atom stereocenters. The number of rotatable bonds is 3. The maximum absolute atomic E-state index is 13.3. The highest BCUT2D eigenvalue weighted by molar-refractivity contribution is 6.06. The molecular formula is C19H24N4O3. The lowest BCUT2D eigenvalue weighted by atomic mass is 9.86. The van der Waals surface area contributed by atoms with Gasteiger partial charge in [-0.05, 0) is 38.3 Å². The maximum Gasteiger partial charge on any atom is 0.280 e. The zero-order chi connectivity index (χ0) is 18.3. The van der Waals surface area contributed by atoms with Crippen LogP contribution in [0.1, 0.15) is 42.4 Å². The molecule has 1 amide bonds. The molecule has 2 aliphatic heterocycles. The van der Waals surface area contributed by atoms with Gasteiger partial charge in [0.15, 0.2) is 5.69 Å². The van der Waals surface area contributed by atoms with Crippen molar-refractivity contribution in [2.75, 3.05) is 25.2 Å². The van der Waals surface area contributed by atoms with Gasteiger partial charge in [0.05, 0.1) is 19.4 Å². The second kappa shape index (κ2) is 6.48. The Bertz CT molecular complexity index is 817. The number of aryl methyl sites for hydroxylation is 1. The zero-order valence-electron chi connectivity index (χ0n) is 15.4. The van der Waals surface area contributed by atoms with E-state index in [2.05, 4.69) is 30.2 Å². The molecule has 4 rings (SSSR count). The number of carbonyl (C=O) groups excluding carboxylic acids is 1. The van der Waals surface area contributed by atoms with Crippen LogP contribution in [-0.4, -0.2) is 52.9 Å². The lowest BCUT2D eigenvalue weighted by Crippen LogP contribution is -2.51. The molecule has 138 valence electrons. The molecule has 2 aliphatic rings. The quantitative estimate of drug-likeness (QED) is 0.844. The fourth-order valence-electron chi connectivity index (χ4n) is 3.85. The normalized spacial score (nSPS) is 24.5. The largest absolute Gasteiger partial charge is 0.377 e. The molecule has 0 bridgehead atoms. The summed E-state index contributed by atoms with van der Waals surface area (Å²) in [5, 5.41) is 8.33. The first kappa shape index (κ1) is 17.2. The zero-order valence-corrected chi connectivity index (χ0v) is 15.4. The van der Waals surface area contributed by atoms with Crippen molar-refractivity contribution in [3.63, 3.8) is 0 Å². The summed E-state index contributed by atoms with van der Waals surface area (Å²) in [6.07, 6.45) is 3.51. The second-order valence-corrected chi connectivity index (χ2v) is 7.54. The van der Waals surface area contributed by atoms with Crippen molar-refractivity contribution >= 4 is 11.6 Å². The Morgan fingerprint density at radius 2 is 2.12 bits per heavy atom. The molecular weight excluding hydrogens is 332 g/mol. The number of anilines is 1. The molecule has 26 heavy (non-hydrogen) atoms. The number of benzene rings is 1. The number of fused-ring (bicyclic) bond motifs is 1. The summed E-state index contributed by atoms with van der Waals surface area (Å²) in [6, 6.07) is 8.01. The second-order valence-electron chi connectivity index (χ2n) is 7.54. The Hall–Kier alpha value is -2.25. The van der Waals surface area contributed by atoms with E-state index in [4.69, 9.17) is 9.47 Å². The summed E-state index contributed by atoms with van der Waals surface area (Å²) in [5.41, 5.74) is 2.22. The van der Waals surface area contributed by atoms with Gasteiger partial charge in [0.2, 0.25) is 0 Å². The topological polar surface area (TPSA) is 69.5 Å². The van der Waals surface area contributed by atoms with Crippen molar-refractivity contribution in [1.82, 2.24) is 15.0 Å². The van der Waals surface area contributed by atoms with Gasteiger partial charge in [-0.3, -0.25) is 4.79 Å². The molecule has 0 radical (unpaired) electrons. The third-order valence-electron chi connectivity index (χ3n) is 5.42. The molecule has 1 aromatic carbocycles. The Labute approximate surface area is 152 Å². The third kappa shape index (κ3) is 2.81. The van der Waals surface area contributed by atoms with Crippen molar-refractivity contribution in [1.29, 1.82) is 0 Å². The predicted molar refractivity (Wildman–Crippen MR) is 96.3 cm³/mol. The highest BCUT2D eigenvalue weighted by Gasteiger charge is 2.39. The molecule has 0 spiro atoms. The Morgan fingerprint density at radius 1 is 1.31 bits per heavy atom. The van der Waals surface area contributed by atoms with E-state index in [9.17, 15) is 4.79 Å². The van der Waals surface area contributed by atoms with Crippen LogP contribution in [0.15, 0.2) is 30.5 Å². The SMILES string of the molecule is CO[C@@H]1COC[C@H]1n1cc(C(=O)N2c3ccccc3CCC2(C)C)nn1. The number of hydrogen-bond acceptors (Lipinski definition) is 5. The minimum absolute atomic E-state index is 0.0595. The van der Waals surface area contributed by atoms with Crippen LogP contribution in [-0.2, 0) is 15.9 Å². The molecule has 2 aromatic rings. The van der Waals surface area contributed by atoms with E-state index >= 15 is 0 Å². The maximum atomic E-state index is 13.3. The highest BCUT2D eigenvalue weighted by atomic mass is 16.5. The average molecular weight is 356 g/mol. The monoisotopic (exact) mass is 356 g/mol. The first-order chi connectivity index (χ1) is 12.5. The van der Waals surface area contributed by atoms with E-state index in [0.717, 1.165) is 18.5 Å². The molecule has 2 atom stereocenters. The number of carbonyl (C=O) groups is 1. The molecule has 1 saturated heterocycles. The van der Waals surface area contributed by atoms with Crippen LogP contribution >= 0.6 is 0 Å². The van der Waals surface area contributed by atoms with E-state index < -0.39 is 0 Å². The first-order valence-electron chi connectivity index (χ1n) is 8.96. The van der Waals surface area contributed by atoms with Crippen LogP contribution in [0.5, 0.6) is 0 Å². The van der Waals surface area contributed by atoms with Crippen LogP contribution in [0, 0.1) is 0 Å². The standard InChI is InChI=1S/C19H24N4O3/c1-19(2)9-8-13-6-4-5-7-15(13)23(19)18(24)14-10-22(21-20-14)16-11-26-12-17(16)25-3/h4-7,10,16-17H,8-9,11-12H2,1-3H3/t16-,17-/m1/s1. The first-order valence-corrected chi connectivity index (χ1v) is 8.96. The molecule has 7 heteroatoms. The van der Waals surface area contributed by atoms with E-state index in [1.165, 1.54) is 5.56 Å². The minimum atomic E-state index is -0.277. The summed E-state index contributed by atoms with van der Waals surface area (Å²) < 4.78 is 12.6. The van der Waals surface area contributed by atoms with E-state index in [0.29, 0.717) is 18.9 Å². The number of methoxy groups -OCH3 is 1. The molecule has 3 heterocycles. The van der Waals surface area contributed by atoms with Gasteiger partial charge < -0.3 is 14.4 Å². The van der Waals surface area contributed by atoms with Crippen molar-refractivity contribution in [3.05, 3.63) is 41.7 Å². The summed E-state index contributed by atoms with van der Waals surface area (Å²) in [6.45, 7) is 5.22. The van der Waals surface area contributed by atoms with Crippen molar-refractivity contribution in [3.8, 4) is 0 Å². The van der Waals surface area contributed by atoms with Gasteiger partial charge in [-0.25, -0.2) is 4.68 Å². The highest BCUT2D eigenvalue weighted by Crippen LogP contribution is 2.37. The third-order valence-corrected chi connectivity index (χ3v) is 5.42. The predicted octanol–water partition coefficient (Wildman–Crippen LogP) is 2.24. The Balaban J connectivity index is 1.66. The molecule has 7 nitrogen and oxygen atoms in total. The summed E-state index contributed by atoms with van der Waals surface area (Å²) in [4.78, 5) is 15.2. The van der Waals surface area contributed by atoms with Gasteiger partial charge in [0, 0.05) is 18.3 Å². The number of para-hydroxylation sites is 1. The fourth-order valence-corrected chi connectivity index (χ4v) is 3.85. The molecule has 0 N–H and O–H groups in total. The average Bonchev–Trinajstić information content (AvgIpc) is 3.29. The van der Waals surface area contributed by atoms with Crippen LogP contribution in [0.25, 0.3) is 0 Å². The van der Waals surface area contributed by atoms with Gasteiger partial charge in [0.25, 0.3) is 5.91 Å². The summed E-state index contributed by atoms with van der Waals surface area (Å²) in [5.74, 6) is -0.124. The van der Waals surface area contributed by atoms with Crippen LogP contribution in [0.3, 0.4) is 0 Å². The van der Waals surface area contributed by atoms with E-state index in [1.54, 1.807) is 18.0 Å². The van der Waals surface area contributed by atoms with Crippen molar-refractivity contribution < 1.29 is 14.3 Å². The molecule has 0 aliphatic carbocycles. The lowest BCUT2D eigenvalue weighted by molar-refractivity contribution is 0.0661. The van der Waals surface area contributed by atoms with Crippen molar-refractivity contribution in [2.24, 2.45) is 0 Å². The van der Waals surface area contributed by atoms with Crippen LogP contribution < -0.4 is 4.90 Å². The number of amides is 1. The number of aromatic nitrogens is 3. The Morgan fingerprint density at radius 3 is 2.92 bits per heavy atom. The smallest absolute Gasteiger partial charge is 0.280 e. The van der Waals surface area contributed by atoms with Crippen molar-refractivity contribution in [2.45, 2.75) is 44.4 Å². The molecule has 1 aromatic heterocycles. The van der Waals surface area contributed by atoms with Gasteiger partial charge in [-0.2, -0.15) is 0 Å². The van der Waals surface area contributed by atoms with Gasteiger partial charge >= 0.3 is 0 Å². The van der Waals surface area contributed by atoms with Crippen LogP contribution in [0.4, 0.5) is 5.69 Å². The number of ether oxygens (including phenoxy) is 2. The number of nitrogens with zero attached hydrogens (tertiary/aromatic N) is 4.